The molecule has 0 unspecified atom stereocenters. The van der Waals surface area contributed by atoms with E-state index in [9.17, 15) is 0 Å². The molecule has 1 saturated carbocycles. The van der Waals surface area contributed by atoms with Crippen LogP contribution < -0.4 is 11.1 Å². The van der Waals surface area contributed by atoms with E-state index >= 15 is 0 Å². The van der Waals surface area contributed by atoms with Crippen LogP contribution in [0.4, 0.5) is 11.8 Å². The van der Waals surface area contributed by atoms with Gasteiger partial charge in [-0.25, -0.2) is 4.98 Å². The van der Waals surface area contributed by atoms with Gasteiger partial charge in [-0.15, -0.1) is 0 Å². The molecule has 0 spiro atoms. The highest BCUT2D eigenvalue weighted by atomic mass is 15.1. The number of nitrogen functional groups attached to an aromatic ring is 1. The number of hydrogen-bond donors (Lipinski definition) is 2. The van der Waals surface area contributed by atoms with Crippen LogP contribution in [0.3, 0.4) is 0 Å². The van der Waals surface area contributed by atoms with Crippen LogP contribution >= 0.6 is 0 Å². The van der Waals surface area contributed by atoms with E-state index in [1.165, 1.54) is 36.8 Å². The SMILES string of the molecule is Cc1cc(C)cc(-c2cc(NC3CCCC3)nc(N)n2)c1. The summed E-state index contributed by atoms with van der Waals surface area (Å²) in [5.74, 6) is 1.16. The summed E-state index contributed by atoms with van der Waals surface area (Å²) in [5, 5.41) is 3.49. The Morgan fingerprint density at radius 1 is 1.00 bits per heavy atom. The van der Waals surface area contributed by atoms with Gasteiger partial charge in [-0.3, -0.25) is 0 Å². The summed E-state index contributed by atoms with van der Waals surface area (Å²) in [6.45, 7) is 4.19. The van der Waals surface area contributed by atoms with Gasteiger partial charge in [0.2, 0.25) is 5.95 Å². The van der Waals surface area contributed by atoms with Crippen molar-refractivity contribution >= 4 is 11.8 Å². The average Bonchev–Trinajstić information content (AvgIpc) is 2.89. The largest absolute Gasteiger partial charge is 0.368 e. The Labute approximate surface area is 125 Å². The van der Waals surface area contributed by atoms with Crippen molar-refractivity contribution in [3.63, 3.8) is 0 Å². The first-order valence-corrected chi connectivity index (χ1v) is 7.60. The Balaban J connectivity index is 1.92. The van der Waals surface area contributed by atoms with Crippen molar-refractivity contribution < 1.29 is 0 Å². The number of benzene rings is 1. The van der Waals surface area contributed by atoms with Crippen molar-refractivity contribution in [2.24, 2.45) is 0 Å². The van der Waals surface area contributed by atoms with Crippen LogP contribution in [0.5, 0.6) is 0 Å². The molecule has 3 N–H and O–H groups in total. The van der Waals surface area contributed by atoms with Gasteiger partial charge in [-0.05, 0) is 38.8 Å². The quantitative estimate of drug-likeness (QED) is 0.901. The highest BCUT2D eigenvalue weighted by molar-refractivity contribution is 5.65. The second-order valence-electron chi connectivity index (χ2n) is 6.00. The first kappa shape index (κ1) is 13.9. The average molecular weight is 282 g/mol. The number of nitrogens with zero attached hydrogens (tertiary/aromatic N) is 2. The summed E-state index contributed by atoms with van der Waals surface area (Å²) >= 11 is 0. The standard InChI is InChI=1S/C17H22N4/c1-11-7-12(2)9-13(8-11)15-10-16(21-17(18)20-15)19-14-5-3-4-6-14/h7-10,14H,3-6H2,1-2H3,(H3,18,19,20,21). The molecule has 110 valence electrons. The van der Waals surface area contributed by atoms with Crippen molar-refractivity contribution in [2.75, 3.05) is 11.1 Å². The number of hydrogen-bond acceptors (Lipinski definition) is 4. The van der Waals surface area contributed by atoms with Gasteiger partial charge < -0.3 is 11.1 Å². The molecule has 4 nitrogen and oxygen atoms in total. The third kappa shape index (κ3) is 3.32. The maximum absolute atomic E-state index is 5.88. The van der Waals surface area contributed by atoms with E-state index in [4.69, 9.17) is 5.73 Å². The minimum Gasteiger partial charge on any atom is -0.368 e. The molecule has 1 aromatic heterocycles. The lowest BCUT2D eigenvalue weighted by atomic mass is 10.0. The highest BCUT2D eigenvalue weighted by Gasteiger charge is 2.16. The summed E-state index contributed by atoms with van der Waals surface area (Å²) in [4.78, 5) is 8.71. The Morgan fingerprint density at radius 2 is 1.67 bits per heavy atom. The minimum absolute atomic E-state index is 0.326. The lowest BCUT2D eigenvalue weighted by Gasteiger charge is -2.14. The molecule has 4 heteroatoms. The molecule has 0 aliphatic heterocycles. The molecule has 0 bridgehead atoms. The topological polar surface area (TPSA) is 63.8 Å². The molecule has 1 aromatic carbocycles. The van der Waals surface area contributed by atoms with Crippen LogP contribution in [-0.2, 0) is 0 Å². The van der Waals surface area contributed by atoms with Gasteiger partial charge in [0, 0.05) is 17.7 Å². The number of nitrogens with two attached hydrogens (primary N) is 1. The normalized spacial score (nSPS) is 15.3. The molecule has 1 aliphatic rings. The van der Waals surface area contributed by atoms with E-state index in [0.29, 0.717) is 12.0 Å². The Hall–Kier alpha value is -2.10. The molecule has 0 saturated heterocycles. The number of anilines is 2. The van der Waals surface area contributed by atoms with Crippen LogP contribution in [0.2, 0.25) is 0 Å². The molecule has 1 fully saturated rings. The fraction of sp³-hybridized carbons (Fsp3) is 0.412. The zero-order valence-electron chi connectivity index (χ0n) is 12.7. The second kappa shape index (κ2) is 5.72. The summed E-state index contributed by atoms with van der Waals surface area (Å²) in [5.41, 5.74) is 10.3. The van der Waals surface area contributed by atoms with Gasteiger partial charge in [0.05, 0.1) is 5.69 Å². The van der Waals surface area contributed by atoms with E-state index < -0.39 is 0 Å². The number of aromatic nitrogens is 2. The van der Waals surface area contributed by atoms with Crippen molar-refractivity contribution in [1.82, 2.24) is 9.97 Å². The first-order chi connectivity index (χ1) is 10.1. The molecule has 1 aliphatic carbocycles. The molecule has 3 rings (SSSR count). The summed E-state index contributed by atoms with van der Waals surface area (Å²) in [6, 6.07) is 8.95. The van der Waals surface area contributed by atoms with Gasteiger partial charge in [-0.2, -0.15) is 4.98 Å². The zero-order chi connectivity index (χ0) is 14.8. The third-order valence-electron chi connectivity index (χ3n) is 3.97. The minimum atomic E-state index is 0.326. The number of aryl methyl sites for hydroxylation is 2. The van der Waals surface area contributed by atoms with E-state index in [1.54, 1.807) is 0 Å². The summed E-state index contributed by atoms with van der Waals surface area (Å²) < 4.78 is 0. The fourth-order valence-electron chi connectivity index (χ4n) is 3.09. The molecule has 0 atom stereocenters. The zero-order valence-corrected chi connectivity index (χ0v) is 12.7. The summed E-state index contributed by atoms with van der Waals surface area (Å²) in [7, 11) is 0. The fourth-order valence-corrected chi connectivity index (χ4v) is 3.09. The van der Waals surface area contributed by atoms with Gasteiger partial charge >= 0.3 is 0 Å². The van der Waals surface area contributed by atoms with Gasteiger partial charge in [-0.1, -0.05) is 30.0 Å². The van der Waals surface area contributed by atoms with Gasteiger partial charge in [0.1, 0.15) is 5.82 Å². The smallest absolute Gasteiger partial charge is 0.222 e. The van der Waals surface area contributed by atoms with Crippen LogP contribution in [0.1, 0.15) is 36.8 Å². The lowest BCUT2D eigenvalue weighted by molar-refractivity contribution is 0.750. The monoisotopic (exact) mass is 282 g/mol. The molecule has 21 heavy (non-hydrogen) atoms. The lowest BCUT2D eigenvalue weighted by Crippen LogP contribution is -2.16. The highest BCUT2D eigenvalue weighted by Crippen LogP contribution is 2.26. The third-order valence-corrected chi connectivity index (χ3v) is 3.97. The van der Waals surface area contributed by atoms with Crippen LogP contribution in [0, 0.1) is 13.8 Å². The van der Waals surface area contributed by atoms with Gasteiger partial charge in [0.25, 0.3) is 0 Å². The predicted octanol–water partition coefficient (Wildman–Crippen LogP) is 3.70. The second-order valence-corrected chi connectivity index (χ2v) is 6.00. The Bertz CT molecular complexity index is 625. The maximum atomic E-state index is 5.88. The predicted molar refractivity (Wildman–Crippen MR) is 87.2 cm³/mol. The molecular weight excluding hydrogens is 260 g/mol. The van der Waals surface area contributed by atoms with Crippen LogP contribution in [0.15, 0.2) is 24.3 Å². The van der Waals surface area contributed by atoms with E-state index in [0.717, 1.165) is 17.1 Å². The van der Waals surface area contributed by atoms with Crippen LogP contribution in [-0.4, -0.2) is 16.0 Å². The molecule has 2 aromatic rings. The van der Waals surface area contributed by atoms with E-state index in [-0.39, 0.29) is 0 Å². The van der Waals surface area contributed by atoms with Crippen molar-refractivity contribution in [3.8, 4) is 11.3 Å². The van der Waals surface area contributed by atoms with Crippen molar-refractivity contribution in [1.29, 1.82) is 0 Å². The van der Waals surface area contributed by atoms with Gasteiger partial charge in [0.15, 0.2) is 0 Å². The maximum Gasteiger partial charge on any atom is 0.222 e. The van der Waals surface area contributed by atoms with Crippen LogP contribution in [0.25, 0.3) is 11.3 Å². The molecule has 1 heterocycles. The van der Waals surface area contributed by atoms with Crippen molar-refractivity contribution in [3.05, 3.63) is 35.4 Å². The van der Waals surface area contributed by atoms with E-state index in [1.807, 2.05) is 6.07 Å². The summed E-state index contributed by atoms with van der Waals surface area (Å²) in [6.07, 6.45) is 5.01. The Kier molecular flexibility index (Phi) is 3.78. The molecule has 0 amide bonds. The molecular formula is C17H22N4. The molecule has 0 radical (unpaired) electrons. The Morgan fingerprint density at radius 3 is 2.33 bits per heavy atom. The first-order valence-electron chi connectivity index (χ1n) is 7.60. The number of nitrogens with one attached hydrogen (secondary N) is 1. The van der Waals surface area contributed by atoms with Crippen molar-refractivity contribution in [2.45, 2.75) is 45.6 Å². The van der Waals surface area contributed by atoms with E-state index in [2.05, 4.69) is 47.3 Å². The number of rotatable bonds is 3.